The fourth-order valence-electron chi connectivity index (χ4n) is 2.63. The number of halogens is 3. The first kappa shape index (κ1) is 17.1. The monoisotopic (exact) mass is 316 g/mol. The van der Waals surface area contributed by atoms with E-state index in [0.29, 0.717) is 0 Å². The molecule has 0 spiro atoms. The highest BCUT2D eigenvalue weighted by atomic mass is 19.4. The van der Waals surface area contributed by atoms with E-state index in [-0.39, 0.29) is 11.3 Å². The second-order valence-corrected chi connectivity index (χ2v) is 6.63. The fraction of sp³-hybridized carbons (Fsp3) is 0.625. The van der Waals surface area contributed by atoms with E-state index in [0.717, 1.165) is 38.3 Å². The van der Waals surface area contributed by atoms with Gasteiger partial charge in [0.1, 0.15) is 5.75 Å². The maximum atomic E-state index is 12.1. The van der Waals surface area contributed by atoms with Crippen LogP contribution in [0.15, 0.2) is 24.3 Å². The summed E-state index contributed by atoms with van der Waals surface area (Å²) >= 11 is 0. The van der Waals surface area contributed by atoms with Crippen LogP contribution in [0.2, 0.25) is 0 Å². The van der Waals surface area contributed by atoms with Crippen molar-refractivity contribution in [1.82, 2.24) is 9.80 Å². The first-order valence-corrected chi connectivity index (χ1v) is 7.45. The Labute approximate surface area is 129 Å². The Hall–Kier alpha value is -1.27. The van der Waals surface area contributed by atoms with Crippen molar-refractivity contribution in [1.29, 1.82) is 0 Å². The van der Waals surface area contributed by atoms with E-state index in [2.05, 4.69) is 35.3 Å². The van der Waals surface area contributed by atoms with Gasteiger partial charge in [-0.1, -0.05) is 12.1 Å². The molecule has 124 valence electrons. The average molecular weight is 316 g/mol. The zero-order valence-electron chi connectivity index (χ0n) is 13.3. The van der Waals surface area contributed by atoms with Crippen LogP contribution < -0.4 is 4.74 Å². The molecule has 0 atom stereocenters. The van der Waals surface area contributed by atoms with Crippen LogP contribution in [0.3, 0.4) is 0 Å². The SMILES string of the molecule is CC(C)(C)N1CCN(Cc2ccc(OC(F)(F)F)cc2)CC1. The minimum Gasteiger partial charge on any atom is -0.406 e. The third-order valence-electron chi connectivity index (χ3n) is 3.88. The van der Waals surface area contributed by atoms with Crippen molar-refractivity contribution in [3.63, 3.8) is 0 Å². The van der Waals surface area contributed by atoms with Gasteiger partial charge in [0, 0.05) is 38.3 Å². The predicted octanol–water partition coefficient (Wildman–Crippen LogP) is 3.50. The van der Waals surface area contributed by atoms with Crippen LogP contribution in [0.5, 0.6) is 5.75 Å². The maximum absolute atomic E-state index is 12.1. The molecule has 1 aliphatic heterocycles. The number of ether oxygens (including phenoxy) is 1. The maximum Gasteiger partial charge on any atom is 0.573 e. The third-order valence-corrected chi connectivity index (χ3v) is 3.88. The van der Waals surface area contributed by atoms with Crippen LogP contribution in [0.4, 0.5) is 13.2 Å². The smallest absolute Gasteiger partial charge is 0.406 e. The number of benzene rings is 1. The van der Waals surface area contributed by atoms with E-state index in [1.54, 1.807) is 12.1 Å². The van der Waals surface area contributed by atoms with Crippen molar-refractivity contribution in [2.24, 2.45) is 0 Å². The summed E-state index contributed by atoms with van der Waals surface area (Å²) in [7, 11) is 0. The molecular formula is C16H23F3N2O. The van der Waals surface area contributed by atoms with Crippen molar-refractivity contribution >= 4 is 0 Å². The number of hydrogen-bond acceptors (Lipinski definition) is 3. The van der Waals surface area contributed by atoms with Gasteiger partial charge < -0.3 is 4.74 Å². The molecule has 1 aromatic rings. The third kappa shape index (κ3) is 5.18. The Kier molecular flexibility index (Phi) is 5.02. The summed E-state index contributed by atoms with van der Waals surface area (Å²) in [5.41, 5.74) is 1.18. The molecule has 0 unspecified atom stereocenters. The number of nitrogens with zero attached hydrogens (tertiary/aromatic N) is 2. The molecule has 6 heteroatoms. The number of rotatable bonds is 3. The molecule has 0 amide bonds. The molecule has 2 rings (SSSR count). The summed E-state index contributed by atoms with van der Waals surface area (Å²) in [4.78, 5) is 4.77. The lowest BCUT2D eigenvalue weighted by atomic mass is 10.0. The Bertz CT molecular complexity index is 472. The highest BCUT2D eigenvalue weighted by Crippen LogP contribution is 2.23. The molecule has 1 aliphatic rings. The highest BCUT2D eigenvalue weighted by Gasteiger charge is 2.31. The van der Waals surface area contributed by atoms with Crippen molar-refractivity contribution in [2.45, 2.75) is 39.2 Å². The molecule has 0 radical (unpaired) electrons. The second kappa shape index (κ2) is 6.46. The predicted molar refractivity (Wildman–Crippen MR) is 79.7 cm³/mol. The van der Waals surface area contributed by atoms with Gasteiger partial charge in [-0.3, -0.25) is 9.80 Å². The van der Waals surface area contributed by atoms with Gasteiger partial charge in [-0.2, -0.15) is 0 Å². The number of hydrogen-bond donors (Lipinski definition) is 0. The average Bonchev–Trinajstić information content (AvgIpc) is 2.39. The van der Waals surface area contributed by atoms with Crippen LogP contribution in [0.1, 0.15) is 26.3 Å². The van der Waals surface area contributed by atoms with Gasteiger partial charge >= 0.3 is 6.36 Å². The lowest BCUT2D eigenvalue weighted by molar-refractivity contribution is -0.274. The summed E-state index contributed by atoms with van der Waals surface area (Å²) in [6.07, 6.45) is -4.63. The summed E-state index contributed by atoms with van der Waals surface area (Å²) in [6.45, 7) is 11.4. The van der Waals surface area contributed by atoms with E-state index in [4.69, 9.17) is 0 Å². The van der Waals surface area contributed by atoms with Crippen LogP contribution in [-0.2, 0) is 6.54 Å². The Morgan fingerprint density at radius 2 is 1.50 bits per heavy atom. The van der Waals surface area contributed by atoms with Gasteiger partial charge in [0.2, 0.25) is 0 Å². The Morgan fingerprint density at radius 3 is 1.95 bits per heavy atom. The largest absolute Gasteiger partial charge is 0.573 e. The standard InChI is InChI=1S/C16H23F3N2O/c1-15(2,3)21-10-8-20(9-11-21)12-13-4-6-14(7-5-13)22-16(17,18)19/h4-7H,8-12H2,1-3H3. The molecule has 1 fully saturated rings. The molecule has 1 aromatic carbocycles. The van der Waals surface area contributed by atoms with E-state index in [9.17, 15) is 13.2 Å². The van der Waals surface area contributed by atoms with Gasteiger partial charge in [-0.25, -0.2) is 0 Å². The first-order chi connectivity index (χ1) is 10.1. The normalized spacial score (nSPS) is 18.5. The molecule has 22 heavy (non-hydrogen) atoms. The number of alkyl halides is 3. The minimum absolute atomic E-state index is 0.172. The lowest BCUT2D eigenvalue weighted by Gasteiger charge is -2.42. The van der Waals surface area contributed by atoms with Crippen molar-refractivity contribution in [3.8, 4) is 5.75 Å². The van der Waals surface area contributed by atoms with Gasteiger partial charge in [0.05, 0.1) is 0 Å². The molecule has 3 nitrogen and oxygen atoms in total. The van der Waals surface area contributed by atoms with Crippen LogP contribution in [0.25, 0.3) is 0 Å². The zero-order valence-corrected chi connectivity index (χ0v) is 13.3. The molecule has 1 saturated heterocycles. The van der Waals surface area contributed by atoms with Crippen molar-refractivity contribution in [3.05, 3.63) is 29.8 Å². The van der Waals surface area contributed by atoms with Crippen molar-refractivity contribution < 1.29 is 17.9 Å². The quantitative estimate of drug-likeness (QED) is 0.849. The molecular weight excluding hydrogens is 293 g/mol. The van der Waals surface area contributed by atoms with Gasteiger partial charge in [0.15, 0.2) is 0 Å². The molecule has 0 saturated carbocycles. The highest BCUT2D eigenvalue weighted by molar-refractivity contribution is 5.27. The summed E-state index contributed by atoms with van der Waals surface area (Å²) in [6, 6.07) is 6.12. The first-order valence-electron chi connectivity index (χ1n) is 7.45. The van der Waals surface area contributed by atoms with Crippen molar-refractivity contribution in [2.75, 3.05) is 26.2 Å². The minimum atomic E-state index is -4.63. The Balaban J connectivity index is 1.85. The Morgan fingerprint density at radius 1 is 0.955 bits per heavy atom. The fourth-order valence-corrected chi connectivity index (χ4v) is 2.63. The van der Waals surface area contributed by atoms with E-state index in [1.165, 1.54) is 12.1 Å². The second-order valence-electron chi connectivity index (χ2n) is 6.63. The van der Waals surface area contributed by atoms with Gasteiger partial charge in [-0.05, 0) is 38.5 Å². The summed E-state index contributed by atoms with van der Waals surface area (Å²) in [5, 5.41) is 0. The molecule has 0 aromatic heterocycles. The van der Waals surface area contributed by atoms with E-state index >= 15 is 0 Å². The van der Waals surface area contributed by atoms with Crippen LogP contribution in [-0.4, -0.2) is 47.9 Å². The topological polar surface area (TPSA) is 15.7 Å². The van der Waals surface area contributed by atoms with Gasteiger partial charge in [-0.15, -0.1) is 13.2 Å². The molecule has 0 bridgehead atoms. The summed E-state index contributed by atoms with van der Waals surface area (Å²) in [5.74, 6) is -0.172. The molecule has 1 heterocycles. The van der Waals surface area contributed by atoms with E-state index < -0.39 is 6.36 Å². The van der Waals surface area contributed by atoms with Crippen LogP contribution in [0, 0.1) is 0 Å². The lowest BCUT2D eigenvalue weighted by Crippen LogP contribution is -2.53. The van der Waals surface area contributed by atoms with E-state index in [1.807, 2.05) is 0 Å². The van der Waals surface area contributed by atoms with Crippen LogP contribution >= 0.6 is 0 Å². The molecule has 0 N–H and O–H groups in total. The molecule has 0 aliphatic carbocycles. The summed E-state index contributed by atoms with van der Waals surface area (Å²) < 4.78 is 40.2. The zero-order chi connectivity index (χ0) is 16.4. The van der Waals surface area contributed by atoms with Gasteiger partial charge in [0.25, 0.3) is 0 Å². The number of piperazine rings is 1.